The molecule has 1 amide bonds. The fraction of sp³-hybridized carbons (Fsp3) is 0.333. The quantitative estimate of drug-likeness (QED) is 0.258. The summed E-state index contributed by atoms with van der Waals surface area (Å²) in [6.45, 7) is 9.65. The van der Waals surface area contributed by atoms with Crippen molar-refractivity contribution >= 4 is 29.1 Å². The van der Waals surface area contributed by atoms with Gasteiger partial charge in [-0.1, -0.05) is 36.4 Å². The summed E-state index contributed by atoms with van der Waals surface area (Å²) in [5.74, 6) is -0.881. The van der Waals surface area contributed by atoms with E-state index in [1.807, 2.05) is 6.92 Å². The minimum absolute atomic E-state index is 0.0680. The van der Waals surface area contributed by atoms with Gasteiger partial charge < -0.3 is 19.5 Å². The van der Waals surface area contributed by atoms with Crippen LogP contribution in [0.5, 0.6) is 5.75 Å². The van der Waals surface area contributed by atoms with Crippen LogP contribution < -0.4 is 4.74 Å². The fourth-order valence-corrected chi connectivity index (χ4v) is 4.57. The van der Waals surface area contributed by atoms with Gasteiger partial charge in [0.25, 0.3) is 11.7 Å². The number of halogens is 1. The molecule has 0 bridgehead atoms. The van der Waals surface area contributed by atoms with Crippen LogP contribution in [0.1, 0.15) is 22.7 Å². The molecule has 7 nitrogen and oxygen atoms in total. The van der Waals surface area contributed by atoms with E-state index in [1.165, 1.54) is 0 Å². The number of nitrogens with zero attached hydrogens (tertiary/aromatic N) is 2. The Balaban J connectivity index is 1.71. The molecule has 35 heavy (non-hydrogen) atoms. The molecular formula is C27H29ClN2O5. The number of ketones is 1. The molecule has 0 radical (unpaired) electrons. The first-order chi connectivity index (χ1) is 16.9. The standard InChI is InChI=1S/C27H29ClN2O5/c1-3-14-35-22-9-6-20(17-18(22)2)25(31)23-24(19-4-7-21(28)8-5-19)30(27(33)26(23)32)11-10-29-12-15-34-16-13-29/h3-9,17,24,31H,1,10-16H2,2H3/t24-/m1/s1. The van der Waals surface area contributed by atoms with Crippen molar-refractivity contribution in [1.29, 1.82) is 0 Å². The van der Waals surface area contributed by atoms with Crippen LogP contribution in [0, 0.1) is 6.92 Å². The predicted octanol–water partition coefficient (Wildman–Crippen LogP) is 3.97. The smallest absolute Gasteiger partial charge is 0.295 e. The summed E-state index contributed by atoms with van der Waals surface area (Å²) in [5, 5.41) is 11.8. The Bertz CT molecular complexity index is 1140. The van der Waals surface area contributed by atoms with Crippen molar-refractivity contribution in [2.24, 2.45) is 0 Å². The molecule has 0 unspecified atom stereocenters. The third-order valence-electron chi connectivity index (χ3n) is 6.29. The van der Waals surface area contributed by atoms with Crippen molar-refractivity contribution in [3.63, 3.8) is 0 Å². The summed E-state index contributed by atoms with van der Waals surface area (Å²) in [5.41, 5.74) is 2.01. The van der Waals surface area contributed by atoms with Crippen LogP contribution in [0.4, 0.5) is 0 Å². The number of amides is 1. The van der Waals surface area contributed by atoms with E-state index in [1.54, 1.807) is 53.4 Å². The zero-order chi connectivity index (χ0) is 24.9. The Labute approximate surface area is 210 Å². The van der Waals surface area contributed by atoms with Gasteiger partial charge in [-0.25, -0.2) is 0 Å². The molecule has 0 aliphatic carbocycles. The second-order valence-electron chi connectivity index (χ2n) is 8.58. The van der Waals surface area contributed by atoms with Crippen LogP contribution in [-0.4, -0.2) is 72.6 Å². The highest BCUT2D eigenvalue weighted by Gasteiger charge is 2.46. The fourth-order valence-electron chi connectivity index (χ4n) is 4.44. The van der Waals surface area contributed by atoms with E-state index in [-0.39, 0.29) is 11.3 Å². The second kappa shape index (κ2) is 11.1. The van der Waals surface area contributed by atoms with Gasteiger partial charge in [0.1, 0.15) is 18.1 Å². The summed E-state index contributed by atoms with van der Waals surface area (Å²) in [4.78, 5) is 30.1. The topological polar surface area (TPSA) is 79.3 Å². The Kier molecular flexibility index (Phi) is 7.90. The average molecular weight is 497 g/mol. The lowest BCUT2D eigenvalue weighted by molar-refractivity contribution is -0.140. The number of morpholine rings is 1. The molecule has 4 rings (SSSR count). The Hall–Kier alpha value is -3.13. The number of ether oxygens (including phenoxy) is 2. The van der Waals surface area contributed by atoms with Crippen LogP contribution in [0.2, 0.25) is 5.02 Å². The molecule has 1 N–H and O–H groups in total. The Morgan fingerprint density at radius 3 is 2.54 bits per heavy atom. The van der Waals surface area contributed by atoms with E-state index in [0.29, 0.717) is 54.8 Å². The van der Waals surface area contributed by atoms with Gasteiger partial charge >= 0.3 is 0 Å². The monoisotopic (exact) mass is 496 g/mol. The first-order valence-electron chi connectivity index (χ1n) is 11.6. The van der Waals surface area contributed by atoms with Crippen molar-refractivity contribution < 1.29 is 24.2 Å². The van der Waals surface area contributed by atoms with Crippen LogP contribution in [-0.2, 0) is 14.3 Å². The highest BCUT2D eigenvalue weighted by Crippen LogP contribution is 2.40. The number of rotatable bonds is 8. The number of hydrogen-bond acceptors (Lipinski definition) is 6. The molecule has 2 fully saturated rings. The molecule has 2 heterocycles. The number of aliphatic hydroxyl groups is 1. The SMILES string of the molecule is C=CCOc1ccc(C(O)=C2C(=O)C(=O)N(CCN3CCOCC3)[C@@H]2c2ccc(Cl)cc2)cc1C. The van der Waals surface area contributed by atoms with Crippen molar-refractivity contribution in [2.75, 3.05) is 46.0 Å². The van der Waals surface area contributed by atoms with Crippen LogP contribution in [0.25, 0.3) is 5.76 Å². The second-order valence-corrected chi connectivity index (χ2v) is 9.01. The van der Waals surface area contributed by atoms with E-state index in [2.05, 4.69) is 11.5 Å². The maximum atomic E-state index is 13.2. The summed E-state index contributed by atoms with van der Waals surface area (Å²) < 4.78 is 11.0. The molecule has 0 saturated carbocycles. The molecule has 2 aliphatic rings. The van der Waals surface area contributed by atoms with E-state index < -0.39 is 17.7 Å². The van der Waals surface area contributed by atoms with Crippen LogP contribution in [0.15, 0.2) is 60.7 Å². The number of benzene rings is 2. The molecule has 1 atom stereocenters. The van der Waals surface area contributed by atoms with Gasteiger partial charge in [-0.05, 0) is 48.4 Å². The Morgan fingerprint density at radius 1 is 1.17 bits per heavy atom. The predicted molar refractivity (Wildman–Crippen MR) is 135 cm³/mol. The highest BCUT2D eigenvalue weighted by atomic mass is 35.5. The molecule has 2 aromatic rings. The number of aryl methyl sites for hydroxylation is 1. The lowest BCUT2D eigenvalue weighted by atomic mass is 9.95. The number of Topliss-reactive ketones (excluding diaryl/α,β-unsaturated/α-hetero) is 1. The normalized spacial score (nSPS) is 20.3. The first kappa shape index (κ1) is 25.0. The number of carbonyl (C=O) groups is 2. The van der Waals surface area contributed by atoms with Crippen molar-refractivity contribution in [3.8, 4) is 5.75 Å². The number of likely N-dealkylation sites (tertiary alicyclic amines) is 1. The molecule has 8 heteroatoms. The molecule has 2 aromatic carbocycles. The van der Waals surface area contributed by atoms with Gasteiger partial charge in [-0.15, -0.1) is 0 Å². The van der Waals surface area contributed by atoms with Gasteiger partial charge in [-0.3, -0.25) is 14.5 Å². The summed E-state index contributed by atoms with van der Waals surface area (Å²) >= 11 is 6.09. The minimum atomic E-state index is -0.717. The first-order valence-corrected chi connectivity index (χ1v) is 12.0. The third kappa shape index (κ3) is 5.42. The maximum Gasteiger partial charge on any atom is 0.295 e. The lowest BCUT2D eigenvalue weighted by Crippen LogP contribution is -2.42. The summed E-state index contributed by atoms with van der Waals surface area (Å²) in [6, 6.07) is 11.4. The van der Waals surface area contributed by atoms with Gasteiger partial charge in [0, 0.05) is 36.8 Å². The van der Waals surface area contributed by atoms with Crippen molar-refractivity contribution in [3.05, 3.63) is 82.4 Å². The lowest BCUT2D eigenvalue weighted by Gasteiger charge is -2.31. The molecular weight excluding hydrogens is 468 g/mol. The average Bonchev–Trinajstić information content (AvgIpc) is 3.12. The van der Waals surface area contributed by atoms with E-state index in [0.717, 1.165) is 18.7 Å². The molecule has 0 aromatic heterocycles. The molecule has 2 aliphatic heterocycles. The zero-order valence-electron chi connectivity index (χ0n) is 19.7. The largest absolute Gasteiger partial charge is 0.507 e. The van der Waals surface area contributed by atoms with E-state index in [4.69, 9.17) is 21.1 Å². The maximum absolute atomic E-state index is 13.2. The number of hydrogen-bond donors (Lipinski definition) is 1. The number of carbonyl (C=O) groups excluding carboxylic acids is 2. The highest BCUT2D eigenvalue weighted by molar-refractivity contribution is 6.46. The molecule has 184 valence electrons. The van der Waals surface area contributed by atoms with Crippen molar-refractivity contribution in [1.82, 2.24) is 9.80 Å². The van der Waals surface area contributed by atoms with Gasteiger partial charge in [0.2, 0.25) is 0 Å². The Morgan fingerprint density at radius 2 is 1.89 bits per heavy atom. The third-order valence-corrected chi connectivity index (χ3v) is 6.54. The van der Waals surface area contributed by atoms with Crippen LogP contribution >= 0.6 is 11.6 Å². The molecule has 0 spiro atoms. The van der Waals surface area contributed by atoms with Gasteiger partial charge in [0.05, 0.1) is 24.8 Å². The summed E-state index contributed by atoms with van der Waals surface area (Å²) in [7, 11) is 0. The van der Waals surface area contributed by atoms with Crippen LogP contribution in [0.3, 0.4) is 0 Å². The zero-order valence-corrected chi connectivity index (χ0v) is 20.5. The van der Waals surface area contributed by atoms with Crippen molar-refractivity contribution in [2.45, 2.75) is 13.0 Å². The number of aliphatic hydroxyl groups excluding tert-OH is 1. The summed E-state index contributed by atoms with van der Waals surface area (Å²) in [6.07, 6.45) is 1.65. The van der Waals surface area contributed by atoms with E-state index >= 15 is 0 Å². The van der Waals surface area contributed by atoms with E-state index in [9.17, 15) is 14.7 Å². The molecule has 2 saturated heterocycles. The van der Waals surface area contributed by atoms with Gasteiger partial charge in [-0.2, -0.15) is 0 Å². The minimum Gasteiger partial charge on any atom is -0.507 e. The van der Waals surface area contributed by atoms with Gasteiger partial charge in [0.15, 0.2) is 0 Å².